The van der Waals surface area contributed by atoms with Crippen LogP contribution in [0, 0.1) is 0 Å². The summed E-state index contributed by atoms with van der Waals surface area (Å²) in [5, 5.41) is 5.54. The number of nitrogens with one attached hydrogen (secondary N) is 2. The Hall–Kier alpha value is -2.21. The summed E-state index contributed by atoms with van der Waals surface area (Å²) in [4.78, 5) is 30.5. The van der Waals surface area contributed by atoms with Gasteiger partial charge in [0, 0.05) is 11.1 Å². The van der Waals surface area contributed by atoms with Gasteiger partial charge in [0.1, 0.15) is 0 Å². The maximum absolute atomic E-state index is 12.2. The van der Waals surface area contributed by atoms with E-state index in [0.717, 1.165) is 18.5 Å². The van der Waals surface area contributed by atoms with Crippen LogP contribution in [0.25, 0.3) is 0 Å². The monoisotopic (exact) mass is 343 g/mol. The van der Waals surface area contributed by atoms with Crippen LogP contribution >= 0.6 is 11.3 Å². The first-order valence-electron chi connectivity index (χ1n) is 8.23. The van der Waals surface area contributed by atoms with Gasteiger partial charge < -0.3 is 10.6 Å². The molecule has 0 aliphatic heterocycles. The number of rotatable bonds is 5. The van der Waals surface area contributed by atoms with E-state index in [1.165, 1.54) is 23.3 Å². The van der Waals surface area contributed by atoms with E-state index in [-0.39, 0.29) is 24.4 Å². The Morgan fingerprint density at radius 3 is 2.88 bits per heavy atom. The van der Waals surface area contributed by atoms with Crippen molar-refractivity contribution in [3.05, 3.63) is 51.5 Å². The molecule has 2 heterocycles. The predicted molar refractivity (Wildman–Crippen MR) is 94.1 cm³/mol. The third kappa shape index (κ3) is 4.00. The second-order valence-corrected chi connectivity index (χ2v) is 7.13. The van der Waals surface area contributed by atoms with E-state index in [9.17, 15) is 9.59 Å². The summed E-state index contributed by atoms with van der Waals surface area (Å²) in [6.45, 7) is 1.84. The third-order valence-electron chi connectivity index (χ3n) is 4.14. The minimum atomic E-state index is -0.220. The number of carbonyl (C=O) groups excluding carboxylic acids is 2. The smallest absolute Gasteiger partial charge is 0.261 e. The van der Waals surface area contributed by atoms with Crippen molar-refractivity contribution in [2.45, 2.75) is 38.6 Å². The number of thiophene rings is 1. The molecule has 0 spiro atoms. The lowest BCUT2D eigenvalue weighted by molar-refractivity contribution is -0.120. The maximum atomic E-state index is 12.2. The van der Waals surface area contributed by atoms with Crippen molar-refractivity contribution >= 4 is 23.2 Å². The first-order chi connectivity index (χ1) is 11.6. The van der Waals surface area contributed by atoms with E-state index in [0.29, 0.717) is 4.88 Å². The lowest BCUT2D eigenvalue weighted by atomic mass is 9.99. The Labute approximate surface area is 145 Å². The Bertz CT molecular complexity index is 704. The highest BCUT2D eigenvalue weighted by Gasteiger charge is 2.18. The molecule has 5 nitrogen and oxygen atoms in total. The van der Waals surface area contributed by atoms with Gasteiger partial charge in [0.05, 0.1) is 23.2 Å². The number of fused-ring (bicyclic) bond motifs is 1. The number of hydrogen-bond donors (Lipinski definition) is 2. The first kappa shape index (κ1) is 16.6. The van der Waals surface area contributed by atoms with Crippen LogP contribution in [0.4, 0.5) is 0 Å². The summed E-state index contributed by atoms with van der Waals surface area (Å²) in [6.07, 6.45) is 6.20. The zero-order valence-corrected chi connectivity index (χ0v) is 14.5. The number of aryl methyl sites for hydroxylation is 2. The van der Waals surface area contributed by atoms with Crippen molar-refractivity contribution in [1.29, 1.82) is 0 Å². The van der Waals surface area contributed by atoms with Crippen LogP contribution in [-0.2, 0) is 17.6 Å². The van der Waals surface area contributed by atoms with E-state index in [2.05, 4.69) is 15.6 Å². The molecule has 0 radical (unpaired) electrons. The van der Waals surface area contributed by atoms with Gasteiger partial charge in [0.2, 0.25) is 5.91 Å². The van der Waals surface area contributed by atoms with Crippen molar-refractivity contribution in [2.24, 2.45) is 0 Å². The molecule has 3 rings (SSSR count). The molecule has 0 saturated heterocycles. The van der Waals surface area contributed by atoms with Gasteiger partial charge in [-0.2, -0.15) is 0 Å². The van der Waals surface area contributed by atoms with Crippen molar-refractivity contribution < 1.29 is 9.59 Å². The molecule has 1 aliphatic rings. The number of nitrogens with zero attached hydrogens (tertiary/aromatic N) is 1. The van der Waals surface area contributed by atoms with Gasteiger partial charge in [-0.15, -0.1) is 11.3 Å². The van der Waals surface area contributed by atoms with E-state index in [1.807, 2.05) is 31.2 Å². The summed E-state index contributed by atoms with van der Waals surface area (Å²) in [5.41, 5.74) is 2.09. The Balaban J connectivity index is 1.50. The maximum Gasteiger partial charge on any atom is 0.261 e. The molecule has 1 unspecified atom stereocenters. The predicted octanol–water partition coefficient (Wildman–Crippen LogP) is 2.63. The van der Waals surface area contributed by atoms with Crippen molar-refractivity contribution in [2.75, 3.05) is 6.54 Å². The van der Waals surface area contributed by atoms with Crippen LogP contribution in [0.2, 0.25) is 0 Å². The van der Waals surface area contributed by atoms with Crippen molar-refractivity contribution in [3.63, 3.8) is 0 Å². The summed E-state index contributed by atoms with van der Waals surface area (Å²) in [5.74, 6) is -0.391. The SMILES string of the molecule is CC(NC(=O)CNC(=O)c1cc2c(s1)CCCC2)c1ccccn1. The van der Waals surface area contributed by atoms with Gasteiger partial charge >= 0.3 is 0 Å². The van der Waals surface area contributed by atoms with E-state index in [1.54, 1.807) is 17.5 Å². The molecule has 126 valence electrons. The Morgan fingerprint density at radius 1 is 1.29 bits per heavy atom. The molecule has 1 atom stereocenters. The van der Waals surface area contributed by atoms with Gasteiger partial charge in [0.25, 0.3) is 5.91 Å². The second-order valence-electron chi connectivity index (χ2n) is 5.99. The van der Waals surface area contributed by atoms with Crippen LogP contribution < -0.4 is 10.6 Å². The van der Waals surface area contributed by atoms with E-state index >= 15 is 0 Å². The Kier molecular flexibility index (Phi) is 5.25. The second kappa shape index (κ2) is 7.57. The number of aromatic nitrogens is 1. The quantitative estimate of drug-likeness (QED) is 0.877. The summed E-state index contributed by atoms with van der Waals surface area (Å²) >= 11 is 1.55. The Morgan fingerprint density at radius 2 is 2.12 bits per heavy atom. The van der Waals surface area contributed by atoms with Gasteiger partial charge in [0.15, 0.2) is 0 Å². The molecule has 0 fully saturated rings. The lowest BCUT2D eigenvalue weighted by Gasteiger charge is -2.13. The van der Waals surface area contributed by atoms with E-state index in [4.69, 9.17) is 0 Å². The van der Waals surface area contributed by atoms with Crippen molar-refractivity contribution in [3.8, 4) is 0 Å². The fourth-order valence-corrected chi connectivity index (χ4v) is 4.02. The topological polar surface area (TPSA) is 71.1 Å². The van der Waals surface area contributed by atoms with E-state index < -0.39 is 0 Å². The van der Waals surface area contributed by atoms with Crippen molar-refractivity contribution in [1.82, 2.24) is 15.6 Å². The highest BCUT2D eigenvalue weighted by molar-refractivity contribution is 7.14. The van der Waals surface area contributed by atoms with Crippen LogP contribution in [0.15, 0.2) is 30.5 Å². The van der Waals surface area contributed by atoms with Gasteiger partial charge in [-0.3, -0.25) is 14.6 Å². The standard InChI is InChI=1S/C18H21N3O2S/c1-12(14-7-4-5-9-19-14)21-17(22)11-20-18(23)16-10-13-6-2-3-8-15(13)24-16/h4-5,7,9-10,12H,2-3,6,8,11H2,1H3,(H,20,23)(H,21,22). The zero-order chi connectivity index (χ0) is 16.9. The summed E-state index contributed by atoms with van der Waals surface area (Å²) in [7, 11) is 0. The number of carbonyl (C=O) groups is 2. The largest absolute Gasteiger partial charge is 0.346 e. The highest BCUT2D eigenvalue weighted by Crippen LogP contribution is 2.29. The molecular formula is C18H21N3O2S. The number of amides is 2. The minimum Gasteiger partial charge on any atom is -0.346 e. The fourth-order valence-electron chi connectivity index (χ4n) is 2.85. The van der Waals surface area contributed by atoms with Gasteiger partial charge in [-0.25, -0.2) is 0 Å². The van der Waals surface area contributed by atoms with Gasteiger partial charge in [-0.05, 0) is 56.4 Å². The van der Waals surface area contributed by atoms with Crippen LogP contribution in [0.3, 0.4) is 0 Å². The lowest BCUT2D eigenvalue weighted by Crippen LogP contribution is -2.38. The molecule has 0 aromatic carbocycles. The average Bonchev–Trinajstić information content (AvgIpc) is 3.04. The number of hydrogen-bond acceptors (Lipinski definition) is 4. The van der Waals surface area contributed by atoms with Crippen LogP contribution in [0.1, 0.15) is 51.6 Å². The molecule has 2 amide bonds. The average molecular weight is 343 g/mol. The molecular weight excluding hydrogens is 322 g/mol. The number of pyridine rings is 1. The normalized spacial score (nSPS) is 14.5. The van der Waals surface area contributed by atoms with Crippen LogP contribution in [-0.4, -0.2) is 23.3 Å². The summed E-state index contributed by atoms with van der Waals surface area (Å²) < 4.78 is 0. The van der Waals surface area contributed by atoms with Crippen LogP contribution in [0.5, 0.6) is 0 Å². The zero-order valence-electron chi connectivity index (χ0n) is 13.7. The first-order valence-corrected chi connectivity index (χ1v) is 9.05. The third-order valence-corrected chi connectivity index (χ3v) is 5.37. The van der Waals surface area contributed by atoms with Gasteiger partial charge in [-0.1, -0.05) is 6.07 Å². The molecule has 0 saturated carbocycles. The molecule has 2 aromatic heterocycles. The molecule has 6 heteroatoms. The fraction of sp³-hybridized carbons (Fsp3) is 0.389. The molecule has 0 bridgehead atoms. The summed E-state index contributed by atoms with van der Waals surface area (Å²) in [6, 6.07) is 7.36. The molecule has 1 aliphatic carbocycles. The molecule has 24 heavy (non-hydrogen) atoms. The minimum absolute atomic E-state index is 0.0292. The highest BCUT2D eigenvalue weighted by atomic mass is 32.1. The molecule has 2 aromatic rings. The molecule has 2 N–H and O–H groups in total.